The summed E-state index contributed by atoms with van der Waals surface area (Å²) in [6, 6.07) is 10.5. The van der Waals surface area contributed by atoms with Crippen LogP contribution in [0.25, 0.3) is 0 Å². The number of benzene rings is 1. The van der Waals surface area contributed by atoms with Gasteiger partial charge < -0.3 is 14.8 Å². The van der Waals surface area contributed by atoms with Crippen LogP contribution in [0.4, 0.5) is 5.69 Å². The van der Waals surface area contributed by atoms with Crippen LogP contribution in [0.5, 0.6) is 11.5 Å². The molecule has 1 aliphatic carbocycles. The molecule has 1 aliphatic rings. The summed E-state index contributed by atoms with van der Waals surface area (Å²) in [5.74, 6) is 1.12. The third kappa shape index (κ3) is 2.91. The van der Waals surface area contributed by atoms with Crippen LogP contribution in [0.1, 0.15) is 12.8 Å². The number of anilines is 1. The average Bonchev–Trinajstić information content (AvgIpc) is 3.31. The first kappa shape index (κ1) is 13.3. The van der Waals surface area contributed by atoms with Gasteiger partial charge in [-0.2, -0.15) is 0 Å². The molecule has 0 spiro atoms. The summed E-state index contributed by atoms with van der Waals surface area (Å²) in [6.07, 6.45) is 5.30. The standard InChI is InChI=1S/C16H14N2O3/c19-11-16(7-8-16)15(20)18-12-1-3-13(4-2-12)21-14-5-9-17-10-6-14/h1-6,9-11H,7-8H2,(H,18,20). The number of rotatable bonds is 5. The average molecular weight is 282 g/mol. The smallest absolute Gasteiger partial charge is 0.237 e. The summed E-state index contributed by atoms with van der Waals surface area (Å²) in [5, 5.41) is 2.75. The van der Waals surface area contributed by atoms with Crippen LogP contribution >= 0.6 is 0 Å². The summed E-state index contributed by atoms with van der Waals surface area (Å²) < 4.78 is 5.63. The minimum Gasteiger partial charge on any atom is -0.457 e. The number of hydrogen-bond donors (Lipinski definition) is 1. The molecule has 0 saturated heterocycles. The second-order valence-corrected chi connectivity index (χ2v) is 5.04. The van der Waals surface area contributed by atoms with Gasteiger partial charge in [0.2, 0.25) is 5.91 Å². The molecular weight excluding hydrogens is 268 g/mol. The number of ether oxygens (including phenoxy) is 1. The molecule has 1 aromatic heterocycles. The Morgan fingerprint density at radius 1 is 1.10 bits per heavy atom. The zero-order chi connectivity index (χ0) is 14.7. The molecule has 1 fully saturated rings. The van der Waals surface area contributed by atoms with Crippen molar-refractivity contribution in [2.45, 2.75) is 12.8 Å². The molecule has 5 nitrogen and oxygen atoms in total. The molecule has 0 radical (unpaired) electrons. The SMILES string of the molecule is O=CC1(C(=O)Nc2ccc(Oc3ccncc3)cc2)CC1. The summed E-state index contributed by atoms with van der Waals surface area (Å²) in [7, 11) is 0. The molecule has 5 heteroatoms. The van der Waals surface area contributed by atoms with Gasteiger partial charge in [-0.05, 0) is 49.2 Å². The first-order chi connectivity index (χ1) is 10.2. The van der Waals surface area contributed by atoms with Gasteiger partial charge in [0.15, 0.2) is 0 Å². The van der Waals surface area contributed by atoms with Crippen molar-refractivity contribution in [1.29, 1.82) is 0 Å². The van der Waals surface area contributed by atoms with Crippen molar-refractivity contribution in [1.82, 2.24) is 4.98 Å². The highest BCUT2D eigenvalue weighted by molar-refractivity contribution is 6.07. The number of nitrogens with zero attached hydrogens (tertiary/aromatic N) is 1. The van der Waals surface area contributed by atoms with Gasteiger partial charge in [0, 0.05) is 18.1 Å². The third-order valence-electron chi connectivity index (χ3n) is 3.46. The second kappa shape index (κ2) is 5.36. The molecule has 1 amide bonds. The van der Waals surface area contributed by atoms with E-state index in [1.165, 1.54) is 0 Å². The largest absolute Gasteiger partial charge is 0.457 e. The molecule has 21 heavy (non-hydrogen) atoms. The van der Waals surface area contributed by atoms with E-state index in [1.807, 2.05) is 0 Å². The Kier molecular flexibility index (Phi) is 3.39. The lowest BCUT2D eigenvalue weighted by Crippen LogP contribution is -2.25. The zero-order valence-electron chi connectivity index (χ0n) is 11.3. The van der Waals surface area contributed by atoms with Crippen LogP contribution in [-0.2, 0) is 9.59 Å². The minimum atomic E-state index is -0.799. The number of hydrogen-bond acceptors (Lipinski definition) is 4. The molecule has 1 saturated carbocycles. The Bertz CT molecular complexity index is 649. The normalized spacial score (nSPS) is 15.0. The second-order valence-electron chi connectivity index (χ2n) is 5.04. The summed E-state index contributed by atoms with van der Waals surface area (Å²) in [5.41, 5.74) is -0.151. The van der Waals surface area contributed by atoms with Crippen LogP contribution in [0.3, 0.4) is 0 Å². The number of pyridine rings is 1. The fourth-order valence-corrected chi connectivity index (χ4v) is 1.94. The Labute approximate surface area is 122 Å². The maximum absolute atomic E-state index is 11.9. The van der Waals surface area contributed by atoms with Crippen LogP contribution < -0.4 is 10.1 Å². The molecular formula is C16H14N2O3. The topological polar surface area (TPSA) is 68.3 Å². The molecule has 0 unspecified atom stereocenters. The number of amides is 1. The maximum atomic E-state index is 11.9. The van der Waals surface area contributed by atoms with E-state index < -0.39 is 5.41 Å². The van der Waals surface area contributed by atoms with Crippen molar-refractivity contribution < 1.29 is 14.3 Å². The van der Waals surface area contributed by atoms with Gasteiger partial charge in [-0.1, -0.05) is 0 Å². The molecule has 1 aromatic carbocycles. The summed E-state index contributed by atoms with van der Waals surface area (Å²) in [4.78, 5) is 26.7. The minimum absolute atomic E-state index is 0.236. The fourth-order valence-electron chi connectivity index (χ4n) is 1.94. The highest BCUT2D eigenvalue weighted by atomic mass is 16.5. The quantitative estimate of drug-likeness (QED) is 0.676. The van der Waals surface area contributed by atoms with E-state index in [0.29, 0.717) is 30.0 Å². The number of carbonyl (C=O) groups excluding carboxylic acids is 2. The monoisotopic (exact) mass is 282 g/mol. The molecule has 0 bridgehead atoms. The van der Waals surface area contributed by atoms with Gasteiger partial charge in [0.1, 0.15) is 23.2 Å². The maximum Gasteiger partial charge on any atom is 0.237 e. The van der Waals surface area contributed by atoms with Gasteiger partial charge in [0.05, 0.1) is 0 Å². The van der Waals surface area contributed by atoms with Crippen molar-refractivity contribution in [3.8, 4) is 11.5 Å². The van der Waals surface area contributed by atoms with E-state index in [2.05, 4.69) is 10.3 Å². The van der Waals surface area contributed by atoms with E-state index >= 15 is 0 Å². The summed E-state index contributed by atoms with van der Waals surface area (Å²) >= 11 is 0. The molecule has 0 atom stereocenters. The predicted molar refractivity (Wildman–Crippen MR) is 77.1 cm³/mol. The van der Waals surface area contributed by atoms with E-state index in [9.17, 15) is 9.59 Å². The zero-order valence-corrected chi connectivity index (χ0v) is 11.3. The molecule has 3 rings (SSSR count). The van der Waals surface area contributed by atoms with Gasteiger partial charge in [-0.3, -0.25) is 9.78 Å². The van der Waals surface area contributed by atoms with Crippen molar-refractivity contribution >= 4 is 17.9 Å². The highest BCUT2D eigenvalue weighted by Crippen LogP contribution is 2.44. The Balaban J connectivity index is 1.64. The first-order valence-electron chi connectivity index (χ1n) is 6.68. The highest BCUT2D eigenvalue weighted by Gasteiger charge is 2.49. The fraction of sp³-hybridized carbons (Fsp3) is 0.188. The molecule has 2 aromatic rings. The van der Waals surface area contributed by atoms with Crippen LogP contribution in [0.15, 0.2) is 48.8 Å². The van der Waals surface area contributed by atoms with Crippen molar-refractivity contribution in [3.05, 3.63) is 48.8 Å². The number of carbonyl (C=O) groups is 2. The van der Waals surface area contributed by atoms with Crippen LogP contribution in [0.2, 0.25) is 0 Å². The van der Waals surface area contributed by atoms with Crippen molar-refractivity contribution in [2.24, 2.45) is 5.41 Å². The lowest BCUT2D eigenvalue weighted by atomic mass is 10.1. The van der Waals surface area contributed by atoms with E-state index in [1.54, 1.807) is 48.8 Å². The Morgan fingerprint density at radius 2 is 1.71 bits per heavy atom. The van der Waals surface area contributed by atoms with Crippen LogP contribution in [0, 0.1) is 5.41 Å². The van der Waals surface area contributed by atoms with Gasteiger partial charge >= 0.3 is 0 Å². The van der Waals surface area contributed by atoms with Crippen molar-refractivity contribution in [2.75, 3.05) is 5.32 Å². The number of aromatic nitrogens is 1. The van der Waals surface area contributed by atoms with Crippen molar-refractivity contribution in [3.63, 3.8) is 0 Å². The molecule has 1 heterocycles. The first-order valence-corrected chi connectivity index (χ1v) is 6.68. The van der Waals surface area contributed by atoms with Gasteiger partial charge in [0.25, 0.3) is 0 Å². The Morgan fingerprint density at radius 3 is 2.29 bits per heavy atom. The summed E-state index contributed by atoms with van der Waals surface area (Å²) in [6.45, 7) is 0. The lowest BCUT2D eigenvalue weighted by molar-refractivity contribution is -0.126. The third-order valence-corrected chi connectivity index (χ3v) is 3.46. The lowest BCUT2D eigenvalue weighted by Gasteiger charge is -2.10. The van der Waals surface area contributed by atoms with E-state index in [0.717, 1.165) is 6.29 Å². The van der Waals surface area contributed by atoms with E-state index in [4.69, 9.17) is 4.74 Å². The number of aldehydes is 1. The van der Waals surface area contributed by atoms with Gasteiger partial charge in [-0.15, -0.1) is 0 Å². The van der Waals surface area contributed by atoms with Gasteiger partial charge in [-0.25, -0.2) is 0 Å². The molecule has 106 valence electrons. The molecule has 0 aliphatic heterocycles. The molecule has 1 N–H and O–H groups in total. The number of nitrogens with one attached hydrogen (secondary N) is 1. The predicted octanol–water partition coefficient (Wildman–Crippen LogP) is 2.79. The van der Waals surface area contributed by atoms with E-state index in [-0.39, 0.29) is 5.91 Å². The Hall–Kier alpha value is -2.69. The van der Waals surface area contributed by atoms with Crippen LogP contribution in [-0.4, -0.2) is 17.2 Å².